The van der Waals surface area contributed by atoms with Crippen molar-refractivity contribution in [2.24, 2.45) is 0 Å². The van der Waals surface area contributed by atoms with Crippen molar-refractivity contribution in [3.63, 3.8) is 0 Å². The number of hydrogen-bond donors (Lipinski definition) is 1. The second kappa shape index (κ2) is 7.69. The van der Waals surface area contributed by atoms with E-state index in [-0.39, 0.29) is 11.6 Å². The summed E-state index contributed by atoms with van der Waals surface area (Å²) in [6.07, 6.45) is 0.653. The van der Waals surface area contributed by atoms with E-state index < -0.39 is 0 Å². The monoisotopic (exact) mass is 411 g/mol. The van der Waals surface area contributed by atoms with Gasteiger partial charge in [0, 0.05) is 18.7 Å². The van der Waals surface area contributed by atoms with Crippen molar-refractivity contribution >= 4 is 39.1 Å². The lowest BCUT2D eigenvalue weighted by atomic mass is 10.3. The standard InChI is InChI=1S/C20H18ClN5OS/c1-12-11-13(2)26(25-12)17-8-7-14(21)19(24-17)20(27)22-10-9-18-23-15-5-3-4-6-16(15)28-18/h3-8,11H,9-10H2,1-2H3,(H,22,27). The quantitative estimate of drug-likeness (QED) is 0.536. The lowest BCUT2D eigenvalue weighted by molar-refractivity contribution is 0.0949. The van der Waals surface area contributed by atoms with Crippen LogP contribution in [0.2, 0.25) is 5.02 Å². The van der Waals surface area contributed by atoms with Gasteiger partial charge in [-0.25, -0.2) is 14.6 Å². The summed E-state index contributed by atoms with van der Waals surface area (Å²) in [6, 6.07) is 13.4. The van der Waals surface area contributed by atoms with E-state index in [4.69, 9.17) is 11.6 Å². The number of thiazole rings is 1. The second-order valence-electron chi connectivity index (χ2n) is 6.42. The largest absolute Gasteiger partial charge is 0.350 e. The lowest BCUT2D eigenvalue weighted by Crippen LogP contribution is -2.27. The van der Waals surface area contributed by atoms with Gasteiger partial charge in [0.15, 0.2) is 5.82 Å². The molecule has 4 aromatic rings. The molecule has 0 unspecified atom stereocenters. The number of halogens is 1. The molecule has 28 heavy (non-hydrogen) atoms. The molecule has 0 saturated heterocycles. The SMILES string of the molecule is Cc1cc(C)n(-c2ccc(Cl)c(C(=O)NCCc3nc4ccccc4s3)n2)n1. The van der Waals surface area contributed by atoms with Gasteiger partial charge in [-0.05, 0) is 44.2 Å². The molecule has 0 aliphatic carbocycles. The molecule has 0 fully saturated rings. The van der Waals surface area contributed by atoms with Gasteiger partial charge in [0.05, 0.1) is 25.9 Å². The Balaban J connectivity index is 1.46. The number of rotatable bonds is 5. The molecule has 0 aliphatic heterocycles. The number of carbonyl (C=O) groups excluding carboxylic acids is 1. The maximum atomic E-state index is 12.6. The topological polar surface area (TPSA) is 72.7 Å². The van der Waals surface area contributed by atoms with Gasteiger partial charge in [-0.2, -0.15) is 5.10 Å². The number of pyridine rings is 1. The van der Waals surface area contributed by atoms with E-state index in [1.54, 1.807) is 28.2 Å². The van der Waals surface area contributed by atoms with Crippen molar-refractivity contribution in [2.75, 3.05) is 6.54 Å². The maximum Gasteiger partial charge on any atom is 0.271 e. The predicted octanol–water partition coefficient (Wildman–Crippen LogP) is 4.12. The summed E-state index contributed by atoms with van der Waals surface area (Å²) in [6.45, 7) is 4.31. The fraction of sp³-hybridized carbons (Fsp3) is 0.200. The number of nitrogens with zero attached hydrogens (tertiary/aromatic N) is 4. The zero-order valence-electron chi connectivity index (χ0n) is 15.4. The van der Waals surface area contributed by atoms with E-state index in [9.17, 15) is 4.79 Å². The molecule has 6 nitrogen and oxygen atoms in total. The van der Waals surface area contributed by atoms with Gasteiger partial charge >= 0.3 is 0 Å². The predicted molar refractivity (Wildman–Crippen MR) is 112 cm³/mol. The summed E-state index contributed by atoms with van der Waals surface area (Å²) in [5.74, 6) is 0.251. The van der Waals surface area contributed by atoms with Crippen LogP contribution in [0.15, 0.2) is 42.5 Å². The molecule has 3 heterocycles. The minimum Gasteiger partial charge on any atom is -0.350 e. The normalized spacial score (nSPS) is 11.1. The van der Waals surface area contributed by atoms with Gasteiger partial charge in [0.2, 0.25) is 0 Å². The average Bonchev–Trinajstić information content (AvgIpc) is 3.24. The van der Waals surface area contributed by atoms with Gasteiger partial charge < -0.3 is 5.32 Å². The minimum atomic E-state index is -0.311. The number of benzene rings is 1. The zero-order valence-corrected chi connectivity index (χ0v) is 17.0. The third-order valence-electron chi connectivity index (χ3n) is 4.24. The highest BCUT2D eigenvalue weighted by atomic mass is 35.5. The molecule has 0 bridgehead atoms. The fourth-order valence-electron chi connectivity index (χ4n) is 2.96. The third kappa shape index (κ3) is 3.76. The number of aromatic nitrogens is 4. The summed E-state index contributed by atoms with van der Waals surface area (Å²) >= 11 is 7.85. The molecule has 3 aromatic heterocycles. The Kier molecular flexibility index (Phi) is 5.11. The van der Waals surface area contributed by atoms with Crippen LogP contribution < -0.4 is 5.32 Å². The summed E-state index contributed by atoms with van der Waals surface area (Å²) in [7, 11) is 0. The van der Waals surface area contributed by atoms with Crippen molar-refractivity contribution < 1.29 is 4.79 Å². The molecule has 1 amide bonds. The molecule has 0 atom stereocenters. The minimum absolute atomic E-state index is 0.191. The highest BCUT2D eigenvalue weighted by Gasteiger charge is 2.15. The molecule has 0 spiro atoms. The molecular formula is C20H18ClN5OS. The van der Waals surface area contributed by atoms with E-state index in [2.05, 4.69) is 20.4 Å². The van der Waals surface area contributed by atoms with Crippen LogP contribution in [0.3, 0.4) is 0 Å². The summed E-state index contributed by atoms with van der Waals surface area (Å²) in [4.78, 5) is 21.6. The van der Waals surface area contributed by atoms with E-state index in [0.717, 1.165) is 26.6 Å². The van der Waals surface area contributed by atoms with Crippen LogP contribution in [0.4, 0.5) is 0 Å². The molecule has 142 valence electrons. The van der Waals surface area contributed by atoms with Crippen molar-refractivity contribution in [2.45, 2.75) is 20.3 Å². The smallest absolute Gasteiger partial charge is 0.271 e. The first kappa shape index (κ1) is 18.6. The van der Waals surface area contributed by atoms with Crippen LogP contribution in [0, 0.1) is 13.8 Å². The number of carbonyl (C=O) groups is 1. The van der Waals surface area contributed by atoms with E-state index in [0.29, 0.717) is 23.8 Å². The first-order valence-electron chi connectivity index (χ1n) is 8.84. The summed E-state index contributed by atoms with van der Waals surface area (Å²) in [5, 5.41) is 8.58. The van der Waals surface area contributed by atoms with Gasteiger partial charge in [0.25, 0.3) is 5.91 Å². The lowest BCUT2D eigenvalue weighted by Gasteiger charge is -2.08. The molecule has 0 aliphatic rings. The Bertz CT molecular complexity index is 1130. The first-order valence-corrected chi connectivity index (χ1v) is 10.0. The molecule has 1 aromatic carbocycles. The third-order valence-corrected chi connectivity index (χ3v) is 5.64. The summed E-state index contributed by atoms with van der Waals surface area (Å²) in [5.41, 5.74) is 3.00. The van der Waals surface area contributed by atoms with Crippen LogP contribution in [0.25, 0.3) is 16.0 Å². The Morgan fingerprint density at radius 1 is 1.18 bits per heavy atom. The zero-order chi connectivity index (χ0) is 19.7. The highest BCUT2D eigenvalue weighted by Crippen LogP contribution is 2.22. The van der Waals surface area contributed by atoms with Crippen molar-refractivity contribution in [1.29, 1.82) is 0 Å². The van der Waals surface area contributed by atoms with Crippen molar-refractivity contribution in [1.82, 2.24) is 25.1 Å². The Morgan fingerprint density at radius 2 is 2.00 bits per heavy atom. The molecule has 0 radical (unpaired) electrons. The van der Waals surface area contributed by atoms with Crippen LogP contribution in [-0.4, -0.2) is 32.2 Å². The van der Waals surface area contributed by atoms with Gasteiger partial charge in [-0.15, -0.1) is 11.3 Å². The highest BCUT2D eigenvalue weighted by molar-refractivity contribution is 7.18. The summed E-state index contributed by atoms with van der Waals surface area (Å²) < 4.78 is 2.84. The van der Waals surface area contributed by atoms with Crippen LogP contribution in [-0.2, 0) is 6.42 Å². The number of amides is 1. The number of aryl methyl sites for hydroxylation is 2. The van der Waals surface area contributed by atoms with E-state index >= 15 is 0 Å². The molecular weight excluding hydrogens is 394 g/mol. The van der Waals surface area contributed by atoms with Gasteiger partial charge in [-0.3, -0.25) is 4.79 Å². The van der Waals surface area contributed by atoms with Crippen LogP contribution >= 0.6 is 22.9 Å². The Morgan fingerprint density at radius 3 is 2.75 bits per heavy atom. The number of hydrogen-bond acceptors (Lipinski definition) is 5. The average molecular weight is 412 g/mol. The van der Waals surface area contributed by atoms with Crippen LogP contribution in [0.1, 0.15) is 26.9 Å². The fourth-order valence-corrected chi connectivity index (χ4v) is 4.12. The Hall–Kier alpha value is -2.77. The maximum absolute atomic E-state index is 12.6. The van der Waals surface area contributed by atoms with E-state index in [1.165, 1.54) is 0 Å². The van der Waals surface area contributed by atoms with E-state index in [1.807, 2.05) is 44.2 Å². The van der Waals surface area contributed by atoms with Gasteiger partial charge in [0.1, 0.15) is 5.69 Å². The molecule has 1 N–H and O–H groups in total. The number of para-hydroxylation sites is 1. The van der Waals surface area contributed by atoms with Crippen LogP contribution in [0.5, 0.6) is 0 Å². The second-order valence-corrected chi connectivity index (χ2v) is 7.94. The molecule has 0 saturated carbocycles. The van der Waals surface area contributed by atoms with Gasteiger partial charge in [-0.1, -0.05) is 23.7 Å². The van der Waals surface area contributed by atoms with Crippen molar-refractivity contribution in [3.05, 3.63) is 69.6 Å². The molecule has 8 heteroatoms. The number of nitrogens with one attached hydrogen (secondary N) is 1. The Labute approximate surface area is 171 Å². The van der Waals surface area contributed by atoms with Crippen molar-refractivity contribution in [3.8, 4) is 5.82 Å². The first-order chi connectivity index (χ1) is 13.5. The molecule has 4 rings (SSSR count). The number of fused-ring (bicyclic) bond motifs is 1.